The van der Waals surface area contributed by atoms with Gasteiger partial charge in [0.25, 0.3) is 5.91 Å². The minimum atomic E-state index is -0.917. The second-order valence-corrected chi connectivity index (χ2v) is 8.00. The Balaban J connectivity index is 1.61. The molecule has 1 heterocycles. The number of nitrogens with one attached hydrogen (secondary N) is 1. The van der Waals surface area contributed by atoms with Crippen LogP contribution in [0.1, 0.15) is 40.6 Å². The molecule has 1 N–H and O–H groups in total. The molecule has 2 aromatic carbocycles. The van der Waals surface area contributed by atoms with E-state index >= 15 is 0 Å². The fraction of sp³-hybridized carbons (Fsp3) is 0.269. The highest BCUT2D eigenvalue weighted by Gasteiger charge is 2.17. The second-order valence-electron chi connectivity index (χ2n) is 8.00. The number of aryl methyl sites for hydroxylation is 3. The largest absolute Gasteiger partial charge is 0.449 e. The summed E-state index contributed by atoms with van der Waals surface area (Å²) in [7, 11) is 0. The second kappa shape index (κ2) is 10.1. The van der Waals surface area contributed by atoms with Gasteiger partial charge in [-0.1, -0.05) is 42.0 Å². The summed E-state index contributed by atoms with van der Waals surface area (Å²) < 4.78 is 7.18. The zero-order valence-corrected chi connectivity index (χ0v) is 19.2. The maximum Gasteiger partial charge on any atom is 0.331 e. The SMILES string of the molecule is Cc1ccc(Cn2nc(C)c(/C=C/C(=O)OC(C)C(=O)Nc3cccc(C)c3)c2C)cc1. The van der Waals surface area contributed by atoms with Gasteiger partial charge in [0.15, 0.2) is 6.10 Å². The first kappa shape index (κ1) is 23.0. The van der Waals surface area contributed by atoms with Crippen molar-refractivity contribution in [2.24, 2.45) is 0 Å². The number of aromatic nitrogens is 2. The van der Waals surface area contributed by atoms with Crippen LogP contribution in [-0.2, 0) is 20.9 Å². The lowest BCUT2D eigenvalue weighted by atomic mass is 10.1. The number of benzene rings is 2. The first-order valence-electron chi connectivity index (χ1n) is 10.6. The van der Waals surface area contributed by atoms with Gasteiger partial charge < -0.3 is 10.1 Å². The molecule has 0 spiro atoms. The van der Waals surface area contributed by atoms with Crippen LogP contribution in [0.5, 0.6) is 0 Å². The van der Waals surface area contributed by atoms with E-state index in [0.717, 1.165) is 28.1 Å². The first-order valence-corrected chi connectivity index (χ1v) is 10.6. The molecule has 3 aromatic rings. The van der Waals surface area contributed by atoms with Gasteiger partial charge in [0.1, 0.15) is 0 Å². The van der Waals surface area contributed by atoms with E-state index in [0.29, 0.717) is 12.2 Å². The van der Waals surface area contributed by atoms with Crippen LogP contribution in [0.4, 0.5) is 5.69 Å². The predicted octanol–water partition coefficient (Wildman–Crippen LogP) is 4.75. The summed E-state index contributed by atoms with van der Waals surface area (Å²) in [4.78, 5) is 24.6. The van der Waals surface area contributed by atoms with Crippen LogP contribution in [0.25, 0.3) is 6.08 Å². The minimum Gasteiger partial charge on any atom is -0.449 e. The summed E-state index contributed by atoms with van der Waals surface area (Å²) >= 11 is 0. The Kier molecular flexibility index (Phi) is 7.25. The van der Waals surface area contributed by atoms with Crippen molar-refractivity contribution < 1.29 is 14.3 Å². The maximum atomic E-state index is 12.3. The lowest BCUT2D eigenvalue weighted by Crippen LogP contribution is -2.29. The van der Waals surface area contributed by atoms with Crippen molar-refractivity contribution in [3.05, 3.63) is 88.2 Å². The van der Waals surface area contributed by atoms with E-state index in [1.165, 1.54) is 11.6 Å². The van der Waals surface area contributed by atoms with Gasteiger partial charge in [-0.25, -0.2) is 4.79 Å². The van der Waals surface area contributed by atoms with Gasteiger partial charge in [-0.3, -0.25) is 9.48 Å². The summed E-state index contributed by atoms with van der Waals surface area (Å²) in [5.41, 5.74) is 6.72. The molecular formula is C26H29N3O3. The quantitative estimate of drug-likeness (QED) is 0.433. The average molecular weight is 432 g/mol. The summed E-state index contributed by atoms with van der Waals surface area (Å²) in [5, 5.41) is 7.35. The standard InChI is InChI=1S/C26H29N3O3/c1-17-9-11-22(12-10-17)16-29-20(4)24(19(3)28-29)13-14-25(30)32-21(5)26(31)27-23-8-6-7-18(2)15-23/h6-15,21H,16H2,1-5H3,(H,27,31)/b14-13+. The molecule has 6 heteroatoms. The highest BCUT2D eigenvalue weighted by Crippen LogP contribution is 2.17. The summed E-state index contributed by atoms with van der Waals surface area (Å²) in [6.07, 6.45) is 2.11. The Morgan fingerprint density at radius 1 is 1.06 bits per heavy atom. The van der Waals surface area contributed by atoms with Gasteiger partial charge in [-0.05, 0) is 64.0 Å². The van der Waals surface area contributed by atoms with Crippen LogP contribution in [0.15, 0.2) is 54.6 Å². The monoisotopic (exact) mass is 431 g/mol. The van der Waals surface area contributed by atoms with Crippen molar-refractivity contribution in [2.45, 2.75) is 47.3 Å². The van der Waals surface area contributed by atoms with E-state index < -0.39 is 12.1 Å². The number of carbonyl (C=O) groups excluding carboxylic acids is 2. The Morgan fingerprint density at radius 2 is 1.78 bits per heavy atom. The van der Waals surface area contributed by atoms with Crippen LogP contribution in [0.2, 0.25) is 0 Å². The van der Waals surface area contributed by atoms with Crippen LogP contribution in [0.3, 0.4) is 0 Å². The molecule has 0 saturated carbocycles. The highest BCUT2D eigenvalue weighted by atomic mass is 16.5. The topological polar surface area (TPSA) is 73.2 Å². The minimum absolute atomic E-state index is 0.379. The lowest BCUT2D eigenvalue weighted by Gasteiger charge is -2.12. The predicted molar refractivity (Wildman–Crippen MR) is 126 cm³/mol. The Labute approximate surface area is 188 Å². The molecule has 0 aliphatic heterocycles. The van der Waals surface area contributed by atoms with E-state index in [1.54, 1.807) is 19.1 Å². The van der Waals surface area contributed by atoms with Gasteiger partial charge >= 0.3 is 5.97 Å². The number of amides is 1. The molecule has 6 nitrogen and oxygen atoms in total. The first-order chi connectivity index (χ1) is 15.2. The molecule has 1 atom stereocenters. The molecule has 166 valence electrons. The van der Waals surface area contributed by atoms with Crippen molar-refractivity contribution >= 4 is 23.6 Å². The van der Waals surface area contributed by atoms with Crippen molar-refractivity contribution in [3.63, 3.8) is 0 Å². The van der Waals surface area contributed by atoms with E-state index in [-0.39, 0.29) is 5.91 Å². The number of nitrogens with zero attached hydrogens (tertiary/aromatic N) is 2. The Hall–Kier alpha value is -3.67. The van der Waals surface area contributed by atoms with Crippen LogP contribution in [0, 0.1) is 27.7 Å². The van der Waals surface area contributed by atoms with Crippen molar-refractivity contribution in [1.82, 2.24) is 9.78 Å². The molecule has 0 saturated heterocycles. The molecule has 0 aliphatic rings. The van der Waals surface area contributed by atoms with Crippen molar-refractivity contribution in [3.8, 4) is 0 Å². The van der Waals surface area contributed by atoms with Crippen LogP contribution >= 0.6 is 0 Å². The van der Waals surface area contributed by atoms with E-state index in [9.17, 15) is 9.59 Å². The molecule has 1 amide bonds. The smallest absolute Gasteiger partial charge is 0.331 e. The number of hydrogen-bond acceptors (Lipinski definition) is 4. The van der Waals surface area contributed by atoms with E-state index in [4.69, 9.17) is 4.74 Å². The van der Waals surface area contributed by atoms with Gasteiger partial charge in [0.2, 0.25) is 0 Å². The summed E-state index contributed by atoms with van der Waals surface area (Å²) in [5.74, 6) is -0.961. The number of carbonyl (C=O) groups is 2. The van der Waals surface area contributed by atoms with Crippen LogP contribution < -0.4 is 5.32 Å². The summed E-state index contributed by atoms with van der Waals surface area (Å²) in [6, 6.07) is 15.8. The average Bonchev–Trinajstić information content (AvgIpc) is 3.00. The zero-order valence-electron chi connectivity index (χ0n) is 19.2. The lowest BCUT2D eigenvalue weighted by molar-refractivity contribution is -0.148. The molecule has 0 bridgehead atoms. The summed E-state index contributed by atoms with van der Waals surface area (Å²) in [6.45, 7) is 10.1. The number of hydrogen-bond donors (Lipinski definition) is 1. The highest BCUT2D eigenvalue weighted by molar-refractivity contribution is 5.96. The van der Waals surface area contributed by atoms with Crippen LogP contribution in [-0.4, -0.2) is 27.8 Å². The number of esters is 1. The molecule has 0 aliphatic carbocycles. The number of rotatable bonds is 7. The van der Waals surface area contributed by atoms with Crippen molar-refractivity contribution in [1.29, 1.82) is 0 Å². The van der Waals surface area contributed by atoms with E-state index in [2.05, 4.69) is 41.6 Å². The number of anilines is 1. The van der Waals surface area contributed by atoms with Crippen molar-refractivity contribution in [2.75, 3.05) is 5.32 Å². The van der Waals surface area contributed by atoms with Gasteiger partial charge in [0.05, 0.1) is 12.2 Å². The normalized spacial score (nSPS) is 12.0. The maximum absolute atomic E-state index is 12.3. The Bertz CT molecular complexity index is 1140. The molecular weight excluding hydrogens is 402 g/mol. The Morgan fingerprint density at radius 3 is 2.47 bits per heavy atom. The fourth-order valence-corrected chi connectivity index (χ4v) is 3.36. The third kappa shape index (κ3) is 5.94. The third-order valence-corrected chi connectivity index (χ3v) is 5.22. The molecule has 32 heavy (non-hydrogen) atoms. The number of ether oxygens (including phenoxy) is 1. The molecule has 0 radical (unpaired) electrons. The zero-order chi connectivity index (χ0) is 23.3. The molecule has 3 rings (SSSR count). The van der Waals surface area contributed by atoms with Gasteiger partial charge in [0, 0.05) is 23.0 Å². The molecule has 0 fully saturated rings. The molecule has 1 aromatic heterocycles. The fourth-order valence-electron chi connectivity index (χ4n) is 3.36. The van der Waals surface area contributed by atoms with Gasteiger partial charge in [-0.15, -0.1) is 0 Å². The third-order valence-electron chi connectivity index (χ3n) is 5.22. The van der Waals surface area contributed by atoms with E-state index in [1.807, 2.05) is 43.7 Å². The van der Waals surface area contributed by atoms with Gasteiger partial charge in [-0.2, -0.15) is 5.10 Å². The molecule has 1 unspecified atom stereocenters.